The lowest BCUT2D eigenvalue weighted by atomic mass is 10.2. The Labute approximate surface area is 132 Å². The summed E-state index contributed by atoms with van der Waals surface area (Å²) in [5.41, 5.74) is 1.51. The van der Waals surface area contributed by atoms with E-state index < -0.39 is 0 Å². The summed E-state index contributed by atoms with van der Waals surface area (Å²) in [6, 6.07) is 13.2. The monoisotopic (exact) mass is 319 g/mol. The van der Waals surface area contributed by atoms with E-state index in [9.17, 15) is 4.79 Å². The van der Waals surface area contributed by atoms with Crippen LogP contribution < -0.4 is 10.2 Å². The zero-order valence-electron chi connectivity index (χ0n) is 11.1. The summed E-state index contributed by atoms with van der Waals surface area (Å²) >= 11 is 11.9. The van der Waals surface area contributed by atoms with Gasteiger partial charge < -0.3 is 5.32 Å². The van der Waals surface area contributed by atoms with Crippen LogP contribution in [0.1, 0.15) is 5.56 Å². The molecular formula is C15H11Cl2N3O. The number of benzene rings is 2. The molecule has 2 aromatic rings. The molecule has 0 aliphatic carbocycles. The van der Waals surface area contributed by atoms with Crippen LogP contribution in [0.15, 0.2) is 42.5 Å². The second-order valence-corrected chi connectivity index (χ2v) is 5.12. The van der Waals surface area contributed by atoms with Gasteiger partial charge in [0.2, 0.25) is 0 Å². The zero-order chi connectivity index (χ0) is 15.4. The highest BCUT2D eigenvalue weighted by Gasteiger charge is 2.13. The van der Waals surface area contributed by atoms with Crippen molar-refractivity contribution in [2.45, 2.75) is 0 Å². The van der Waals surface area contributed by atoms with E-state index in [0.29, 0.717) is 27.0 Å². The Kier molecular flexibility index (Phi) is 4.69. The van der Waals surface area contributed by atoms with E-state index in [2.05, 4.69) is 5.32 Å². The number of nitrogens with one attached hydrogen (secondary N) is 1. The number of nitrogens with zero attached hydrogens (tertiary/aromatic N) is 2. The highest BCUT2D eigenvalue weighted by molar-refractivity contribution is 6.35. The Bertz CT molecular complexity index is 725. The fraction of sp³-hybridized carbons (Fsp3) is 0.0667. The fourth-order valence-electron chi connectivity index (χ4n) is 1.69. The first kappa shape index (κ1) is 15.2. The molecule has 2 rings (SSSR count). The van der Waals surface area contributed by atoms with Crippen molar-refractivity contribution in [2.75, 3.05) is 17.3 Å². The zero-order valence-corrected chi connectivity index (χ0v) is 12.6. The van der Waals surface area contributed by atoms with Crippen molar-refractivity contribution in [2.24, 2.45) is 0 Å². The summed E-state index contributed by atoms with van der Waals surface area (Å²) in [6.07, 6.45) is 0. The minimum atomic E-state index is -0.380. The number of nitriles is 1. The van der Waals surface area contributed by atoms with Gasteiger partial charge in [0.25, 0.3) is 0 Å². The van der Waals surface area contributed by atoms with E-state index in [1.165, 1.54) is 4.90 Å². The summed E-state index contributed by atoms with van der Waals surface area (Å²) in [5, 5.41) is 12.4. The average Bonchev–Trinajstić information content (AvgIpc) is 2.50. The van der Waals surface area contributed by atoms with Gasteiger partial charge in [-0.3, -0.25) is 4.90 Å². The number of amides is 2. The maximum absolute atomic E-state index is 12.2. The molecule has 0 aliphatic heterocycles. The van der Waals surface area contributed by atoms with Gasteiger partial charge in [0.15, 0.2) is 0 Å². The maximum atomic E-state index is 12.2. The van der Waals surface area contributed by atoms with E-state index in [1.54, 1.807) is 49.5 Å². The third kappa shape index (κ3) is 3.66. The molecule has 0 saturated carbocycles. The number of anilines is 2. The topological polar surface area (TPSA) is 56.1 Å². The normalized spacial score (nSPS) is 9.81. The minimum absolute atomic E-state index is 0.380. The molecule has 6 heteroatoms. The quantitative estimate of drug-likeness (QED) is 0.883. The standard InChI is InChI=1S/C15H11Cl2N3O/c1-20(12-4-2-3-10(7-12)9-18)15(21)19-14-8-11(16)5-6-13(14)17/h2-8H,1H3,(H,19,21). The Morgan fingerprint density at radius 1 is 1.24 bits per heavy atom. The van der Waals surface area contributed by atoms with E-state index in [4.69, 9.17) is 28.5 Å². The van der Waals surface area contributed by atoms with Crippen LogP contribution in [0, 0.1) is 11.3 Å². The van der Waals surface area contributed by atoms with Gasteiger partial charge in [-0.05, 0) is 36.4 Å². The summed E-state index contributed by atoms with van der Waals surface area (Å²) in [6.45, 7) is 0. The van der Waals surface area contributed by atoms with Crippen LogP contribution >= 0.6 is 23.2 Å². The molecule has 2 amide bonds. The molecule has 1 N–H and O–H groups in total. The van der Waals surface area contributed by atoms with Crippen LogP contribution in [0.25, 0.3) is 0 Å². The van der Waals surface area contributed by atoms with Gasteiger partial charge in [0.1, 0.15) is 0 Å². The Hall–Kier alpha value is -2.22. The number of halogens is 2. The minimum Gasteiger partial charge on any atom is -0.306 e. The van der Waals surface area contributed by atoms with Crippen molar-refractivity contribution in [1.82, 2.24) is 0 Å². The molecule has 0 aromatic heterocycles. The molecule has 0 atom stereocenters. The van der Waals surface area contributed by atoms with Crippen LogP contribution in [-0.4, -0.2) is 13.1 Å². The van der Waals surface area contributed by atoms with Crippen molar-refractivity contribution < 1.29 is 4.79 Å². The van der Waals surface area contributed by atoms with Gasteiger partial charge in [-0.1, -0.05) is 29.3 Å². The number of carbonyl (C=O) groups is 1. The first-order valence-electron chi connectivity index (χ1n) is 6.01. The molecule has 0 spiro atoms. The largest absolute Gasteiger partial charge is 0.326 e. The second-order valence-electron chi connectivity index (χ2n) is 4.28. The molecule has 0 fully saturated rings. The highest BCUT2D eigenvalue weighted by atomic mass is 35.5. The van der Waals surface area contributed by atoms with E-state index in [0.717, 1.165) is 0 Å². The number of hydrogen-bond donors (Lipinski definition) is 1. The van der Waals surface area contributed by atoms with Crippen molar-refractivity contribution >= 4 is 40.6 Å². The predicted octanol–water partition coefficient (Wildman–Crippen LogP) is 4.53. The van der Waals surface area contributed by atoms with Crippen LogP contribution in [-0.2, 0) is 0 Å². The molecule has 0 unspecified atom stereocenters. The molecule has 4 nitrogen and oxygen atoms in total. The first-order valence-corrected chi connectivity index (χ1v) is 6.77. The molecule has 0 bridgehead atoms. The summed E-state index contributed by atoms with van der Waals surface area (Å²) in [4.78, 5) is 13.6. The highest BCUT2D eigenvalue weighted by Crippen LogP contribution is 2.26. The van der Waals surface area contributed by atoms with E-state index in [-0.39, 0.29) is 6.03 Å². The Morgan fingerprint density at radius 2 is 2.00 bits per heavy atom. The fourth-order valence-corrected chi connectivity index (χ4v) is 2.03. The lowest BCUT2D eigenvalue weighted by molar-refractivity contribution is 0.258. The van der Waals surface area contributed by atoms with Gasteiger partial charge in [-0.15, -0.1) is 0 Å². The van der Waals surface area contributed by atoms with Gasteiger partial charge in [0.05, 0.1) is 22.3 Å². The predicted molar refractivity (Wildman–Crippen MR) is 85.0 cm³/mol. The maximum Gasteiger partial charge on any atom is 0.326 e. The smallest absolute Gasteiger partial charge is 0.306 e. The summed E-state index contributed by atoms with van der Waals surface area (Å²) < 4.78 is 0. The lowest BCUT2D eigenvalue weighted by Crippen LogP contribution is -2.31. The van der Waals surface area contributed by atoms with Crippen LogP contribution in [0.2, 0.25) is 10.0 Å². The molecule has 21 heavy (non-hydrogen) atoms. The van der Waals surface area contributed by atoms with Crippen molar-refractivity contribution in [1.29, 1.82) is 5.26 Å². The second kappa shape index (κ2) is 6.49. The van der Waals surface area contributed by atoms with E-state index >= 15 is 0 Å². The van der Waals surface area contributed by atoms with Crippen molar-refractivity contribution in [3.8, 4) is 6.07 Å². The molecule has 0 radical (unpaired) electrons. The SMILES string of the molecule is CN(C(=O)Nc1cc(Cl)ccc1Cl)c1cccc(C#N)c1. The first-order chi connectivity index (χ1) is 10.0. The van der Waals surface area contributed by atoms with Gasteiger partial charge in [0, 0.05) is 17.8 Å². The average molecular weight is 320 g/mol. The third-order valence-electron chi connectivity index (χ3n) is 2.84. The van der Waals surface area contributed by atoms with Gasteiger partial charge >= 0.3 is 6.03 Å². The lowest BCUT2D eigenvalue weighted by Gasteiger charge is -2.18. The van der Waals surface area contributed by atoms with Gasteiger partial charge in [-0.2, -0.15) is 5.26 Å². The third-order valence-corrected chi connectivity index (χ3v) is 3.40. The number of urea groups is 1. The number of rotatable bonds is 2. The Balaban J connectivity index is 2.19. The van der Waals surface area contributed by atoms with Crippen molar-refractivity contribution in [3.05, 3.63) is 58.1 Å². The van der Waals surface area contributed by atoms with E-state index in [1.807, 2.05) is 6.07 Å². The molecule has 0 aliphatic rings. The van der Waals surface area contributed by atoms with Crippen molar-refractivity contribution in [3.63, 3.8) is 0 Å². The van der Waals surface area contributed by atoms with Crippen LogP contribution in [0.4, 0.5) is 16.2 Å². The summed E-state index contributed by atoms with van der Waals surface area (Å²) in [5.74, 6) is 0. The molecular weight excluding hydrogens is 309 g/mol. The van der Waals surface area contributed by atoms with Crippen LogP contribution in [0.3, 0.4) is 0 Å². The van der Waals surface area contributed by atoms with Crippen LogP contribution in [0.5, 0.6) is 0 Å². The molecule has 0 saturated heterocycles. The molecule has 2 aromatic carbocycles. The number of hydrogen-bond acceptors (Lipinski definition) is 2. The molecule has 106 valence electrons. The summed E-state index contributed by atoms with van der Waals surface area (Å²) in [7, 11) is 1.60. The molecule has 0 heterocycles. The number of carbonyl (C=O) groups excluding carboxylic acids is 1. The van der Waals surface area contributed by atoms with Gasteiger partial charge in [-0.25, -0.2) is 4.79 Å². The Morgan fingerprint density at radius 3 is 2.71 bits per heavy atom.